The van der Waals surface area contributed by atoms with Crippen LogP contribution in [0, 0.1) is 5.92 Å². The van der Waals surface area contributed by atoms with Gasteiger partial charge in [0.25, 0.3) is 10.1 Å². The standard InChI is InChI=1S/C16H25NO7S/c1-7-8-11-12(24-25(6,20)21)9-17(14(11)13(10-18)22-5)15(19)23-16(2,3)4/h7,11-12,14H,1,8-9H2,2-6H3/t11-,12-,14+/m1/s1. The van der Waals surface area contributed by atoms with Gasteiger partial charge in [0.15, 0.2) is 5.94 Å². The van der Waals surface area contributed by atoms with Crippen molar-refractivity contribution in [3.05, 3.63) is 18.4 Å². The maximum Gasteiger partial charge on any atom is 0.411 e. The van der Waals surface area contributed by atoms with Gasteiger partial charge >= 0.3 is 6.09 Å². The maximum atomic E-state index is 12.5. The van der Waals surface area contributed by atoms with Gasteiger partial charge in [0.1, 0.15) is 17.7 Å². The van der Waals surface area contributed by atoms with Crippen molar-refractivity contribution < 1.29 is 31.7 Å². The van der Waals surface area contributed by atoms with Gasteiger partial charge < -0.3 is 9.47 Å². The van der Waals surface area contributed by atoms with Crippen LogP contribution >= 0.6 is 0 Å². The summed E-state index contributed by atoms with van der Waals surface area (Å²) in [4.78, 5) is 25.0. The zero-order valence-electron chi connectivity index (χ0n) is 15.1. The lowest BCUT2D eigenvalue weighted by Crippen LogP contribution is -2.42. The van der Waals surface area contributed by atoms with Gasteiger partial charge in [-0.15, -0.1) is 6.58 Å². The molecule has 3 atom stereocenters. The van der Waals surface area contributed by atoms with Gasteiger partial charge in [-0.05, 0) is 27.2 Å². The fraction of sp³-hybridized carbons (Fsp3) is 0.688. The van der Waals surface area contributed by atoms with Gasteiger partial charge in [-0.25, -0.2) is 9.59 Å². The Kier molecular flexibility index (Phi) is 6.82. The number of likely N-dealkylation sites (tertiary alicyclic amines) is 1. The second-order valence-electron chi connectivity index (χ2n) is 6.78. The van der Waals surface area contributed by atoms with E-state index in [9.17, 15) is 18.0 Å². The lowest BCUT2D eigenvalue weighted by Gasteiger charge is -2.29. The summed E-state index contributed by atoms with van der Waals surface area (Å²) in [5, 5.41) is 0. The fourth-order valence-electron chi connectivity index (χ4n) is 2.74. The van der Waals surface area contributed by atoms with Crippen molar-refractivity contribution in [1.82, 2.24) is 4.90 Å². The average molecular weight is 375 g/mol. The van der Waals surface area contributed by atoms with E-state index in [0.29, 0.717) is 6.42 Å². The van der Waals surface area contributed by atoms with E-state index >= 15 is 0 Å². The highest BCUT2D eigenvalue weighted by molar-refractivity contribution is 7.86. The van der Waals surface area contributed by atoms with Crippen LogP contribution in [0.2, 0.25) is 0 Å². The first-order valence-corrected chi connectivity index (χ1v) is 9.53. The Bertz CT molecular complexity index is 658. The van der Waals surface area contributed by atoms with Crippen LogP contribution in [0.15, 0.2) is 18.4 Å². The minimum absolute atomic E-state index is 0.0697. The van der Waals surface area contributed by atoms with Crippen molar-refractivity contribution in [2.45, 2.75) is 44.9 Å². The zero-order valence-corrected chi connectivity index (χ0v) is 16.0. The van der Waals surface area contributed by atoms with Gasteiger partial charge in [-0.3, -0.25) is 9.08 Å². The minimum atomic E-state index is -3.77. The van der Waals surface area contributed by atoms with Crippen LogP contribution in [0.25, 0.3) is 0 Å². The average Bonchev–Trinajstić information content (AvgIpc) is 2.76. The molecule has 0 aromatic rings. The highest BCUT2D eigenvalue weighted by atomic mass is 32.2. The lowest BCUT2D eigenvalue weighted by atomic mass is 9.93. The molecule has 0 N–H and O–H groups in total. The van der Waals surface area contributed by atoms with Gasteiger partial charge in [0, 0.05) is 5.92 Å². The molecule has 0 radical (unpaired) electrons. The molecule has 9 heteroatoms. The monoisotopic (exact) mass is 375 g/mol. The Labute approximate surface area is 148 Å². The van der Waals surface area contributed by atoms with Crippen LogP contribution in [0.1, 0.15) is 27.2 Å². The van der Waals surface area contributed by atoms with Crippen LogP contribution in [0.3, 0.4) is 0 Å². The SMILES string of the molecule is C=CC[C@H]1[C@@H](C(=C=O)OC)N(C(=O)OC(C)(C)C)C[C@H]1OS(C)(=O)=O. The summed E-state index contributed by atoms with van der Waals surface area (Å²) in [6.07, 6.45) is 1.24. The molecule has 142 valence electrons. The molecular formula is C16H25NO7S. The van der Waals surface area contributed by atoms with Crippen molar-refractivity contribution in [2.75, 3.05) is 19.9 Å². The van der Waals surface area contributed by atoms with E-state index in [0.717, 1.165) is 6.26 Å². The molecular weight excluding hydrogens is 350 g/mol. The molecule has 1 heterocycles. The predicted molar refractivity (Wildman–Crippen MR) is 91.0 cm³/mol. The van der Waals surface area contributed by atoms with Crippen molar-refractivity contribution in [1.29, 1.82) is 0 Å². The largest absolute Gasteiger partial charge is 0.488 e. The summed E-state index contributed by atoms with van der Waals surface area (Å²) in [5.41, 5.74) is -0.760. The van der Waals surface area contributed by atoms with Crippen molar-refractivity contribution in [3.8, 4) is 0 Å². The number of ether oxygens (including phenoxy) is 2. The van der Waals surface area contributed by atoms with Crippen LogP contribution < -0.4 is 0 Å². The summed E-state index contributed by atoms with van der Waals surface area (Å²) >= 11 is 0. The van der Waals surface area contributed by atoms with E-state index in [-0.39, 0.29) is 12.3 Å². The van der Waals surface area contributed by atoms with Crippen LogP contribution in [0.5, 0.6) is 0 Å². The number of methoxy groups -OCH3 is 1. The maximum absolute atomic E-state index is 12.5. The third kappa shape index (κ3) is 5.88. The zero-order chi connectivity index (χ0) is 19.4. The van der Waals surface area contributed by atoms with E-state index in [1.54, 1.807) is 32.8 Å². The topological polar surface area (TPSA) is 99.2 Å². The van der Waals surface area contributed by atoms with E-state index in [1.165, 1.54) is 12.0 Å². The van der Waals surface area contributed by atoms with Gasteiger partial charge in [0.05, 0.1) is 19.9 Å². The second kappa shape index (κ2) is 8.03. The third-order valence-corrected chi connectivity index (χ3v) is 4.15. The quantitative estimate of drug-likeness (QED) is 0.300. The minimum Gasteiger partial charge on any atom is -0.488 e. The van der Waals surface area contributed by atoms with Crippen molar-refractivity contribution >= 4 is 22.2 Å². The molecule has 1 saturated heterocycles. The second-order valence-corrected chi connectivity index (χ2v) is 8.38. The summed E-state index contributed by atoms with van der Waals surface area (Å²) in [6.45, 7) is 8.68. The molecule has 1 aliphatic rings. The Morgan fingerprint density at radius 3 is 2.40 bits per heavy atom. The third-order valence-electron chi connectivity index (χ3n) is 3.55. The molecule has 25 heavy (non-hydrogen) atoms. The van der Waals surface area contributed by atoms with Gasteiger partial charge in [0.2, 0.25) is 5.76 Å². The molecule has 1 fully saturated rings. The first kappa shape index (κ1) is 21.2. The number of hydrogen-bond acceptors (Lipinski definition) is 7. The number of rotatable bonds is 6. The Hall–Kier alpha value is -1.83. The predicted octanol–water partition coefficient (Wildman–Crippen LogP) is 1.50. The molecule has 0 spiro atoms. The number of carbonyl (C=O) groups excluding carboxylic acids is 2. The van der Waals surface area contributed by atoms with E-state index in [4.69, 9.17) is 13.7 Å². The molecule has 0 saturated carbocycles. The Morgan fingerprint density at radius 2 is 2.00 bits per heavy atom. The highest BCUT2D eigenvalue weighted by Crippen LogP contribution is 2.35. The summed E-state index contributed by atoms with van der Waals surface area (Å²) in [6, 6.07) is -0.859. The molecule has 1 aliphatic heterocycles. The molecule has 1 rings (SSSR count). The summed E-state index contributed by atoms with van der Waals surface area (Å²) in [7, 11) is -2.49. The van der Waals surface area contributed by atoms with E-state index in [2.05, 4.69) is 6.58 Å². The summed E-state index contributed by atoms with van der Waals surface area (Å²) < 4.78 is 38.6. The Balaban J connectivity index is 3.29. The molecule has 0 bridgehead atoms. The molecule has 8 nitrogen and oxygen atoms in total. The molecule has 1 amide bonds. The number of carbonyl (C=O) groups is 1. The summed E-state index contributed by atoms with van der Waals surface area (Å²) in [5.74, 6) is 0.996. The molecule has 0 unspecified atom stereocenters. The van der Waals surface area contributed by atoms with Crippen LogP contribution in [-0.2, 0) is 28.6 Å². The van der Waals surface area contributed by atoms with Crippen molar-refractivity contribution in [2.24, 2.45) is 5.92 Å². The van der Waals surface area contributed by atoms with Crippen molar-refractivity contribution in [3.63, 3.8) is 0 Å². The number of hydrogen-bond donors (Lipinski definition) is 0. The molecule has 0 aliphatic carbocycles. The van der Waals surface area contributed by atoms with Crippen LogP contribution in [-0.4, -0.2) is 63.0 Å². The Morgan fingerprint density at radius 1 is 1.40 bits per heavy atom. The first-order valence-electron chi connectivity index (χ1n) is 7.71. The number of allylic oxidation sites excluding steroid dienone is 1. The van der Waals surface area contributed by atoms with Gasteiger partial charge in [-0.1, -0.05) is 6.08 Å². The number of nitrogens with zero attached hydrogens (tertiary/aromatic N) is 1. The fourth-order valence-corrected chi connectivity index (χ4v) is 3.40. The van der Waals surface area contributed by atoms with Crippen LogP contribution in [0.4, 0.5) is 4.79 Å². The number of amides is 1. The molecule has 0 aromatic heterocycles. The van der Waals surface area contributed by atoms with E-state index < -0.39 is 39.9 Å². The smallest absolute Gasteiger partial charge is 0.411 e. The van der Waals surface area contributed by atoms with E-state index in [1.807, 2.05) is 0 Å². The normalized spacial score (nSPS) is 23.7. The highest BCUT2D eigenvalue weighted by Gasteiger charge is 2.49. The van der Waals surface area contributed by atoms with Gasteiger partial charge in [-0.2, -0.15) is 8.42 Å². The first-order chi connectivity index (χ1) is 11.4. The lowest BCUT2D eigenvalue weighted by molar-refractivity contribution is 0.0191. The molecule has 0 aromatic carbocycles.